The van der Waals surface area contributed by atoms with E-state index in [1.807, 2.05) is 39.5 Å². The van der Waals surface area contributed by atoms with Crippen LogP contribution in [0.3, 0.4) is 0 Å². The monoisotopic (exact) mass is 172 g/mol. The highest BCUT2D eigenvalue weighted by Crippen LogP contribution is 2.55. The first-order valence-electron chi connectivity index (χ1n) is 3.93. The van der Waals surface area contributed by atoms with Crippen molar-refractivity contribution in [3.63, 3.8) is 0 Å². The Hall–Kier alpha value is 0.0200. The van der Waals surface area contributed by atoms with Crippen molar-refractivity contribution in [3.8, 4) is 0 Å². The summed E-state index contributed by atoms with van der Waals surface area (Å²) in [7, 11) is 0. The Labute approximate surface area is 72.9 Å². The lowest BCUT2D eigenvalue weighted by atomic mass is 9.54. The lowest BCUT2D eigenvalue weighted by Gasteiger charge is -2.54. The molecule has 0 N–H and O–H groups in total. The first-order valence-corrected chi connectivity index (χ1v) is 5.21. The second-order valence-electron chi connectivity index (χ2n) is 4.39. The van der Waals surface area contributed by atoms with Crippen molar-refractivity contribution in [2.24, 2.45) is 10.8 Å². The van der Waals surface area contributed by atoms with E-state index in [1.54, 1.807) is 0 Å². The molecule has 0 aliphatic heterocycles. The van der Waals surface area contributed by atoms with E-state index in [0.29, 0.717) is 11.0 Å². The molecule has 64 valence electrons. The number of rotatable bonds is 1. The van der Waals surface area contributed by atoms with Gasteiger partial charge < -0.3 is 0 Å². The van der Waals surface area contributed by atoms with Crippen LogP contribution in [0.1, 0.15) is 27.7 Å². The molecule has 0 aromatic carbocycles. The zero-order valence-corrected chi connectivity index (χ0v) is 8.71. The molecule has 1 saturated carbocycles. The molecule has 1 rings (SSSR count). The summed E-state index contributed by atoms with van der Waals surface area (Å²) in [6.45, 7) is 8.17. The lowest BCUT2D eigenvalue weighted by molar-refractivity contribution is -0.150. The second kappa shape index (κ2) is 2.25. The van der Waals surface area contributed by atoms with Gasteiger partial charge in [-0.3, -0.25) is 4.79 Å². The fourth-order valence-corrected chi connectivity index (χ4v) is 3.87. The quantitative estimate of drug-likeness (QED) is 0.604. The fourth-order valence-electron chi connectivity index (χ4n) is 2.48. The number of hydrogen-bond donors (Lipinski definition) is 0. The van der Waals surface area contributed by atoms with E-state index in [-0.39, 0.29) is 10.8 Å². The van der Waals surface area contributed by atoms with Crippen molar-refractivity contribution in [1.82, 2.24) is 0 Å². The summed E-state index contributed by atoms with van der Waals surface area (Å²) in [6.07, 6.45) is 2.08. The van der Waals surface area contributed by atoms with Crippen LogP contribution in [-0.4, -0.2) is 17.3 Å². The molecule has 2 heteroatoms. The van der Waals surface area contributed by atoms with Gasteiger partial charge in [-0.05, 0) is 6.26 Å². The lowest BCUT2D eigenvalue weighted by Crippen LogP contribution is -2.62. The van der Waals surface area contributed by atoms with Crippen LogP contribution in [0.2, 0.25) is 0 Å². The summed E-state index contributed by atoms with van der Waals surface area (Å²) in [5.74, 6) is 0.407. The summed E-state index contributed by atoms with van der Waals surface area (Å²) in [5, 5.41) is 0.488. The van der Waals surface area contributed by atoms with Gasteiger partial charge in [0.05, 0.1) is 0 Å². The van der Waals surface area contributed by atoms with Crippen LogP contribution in [0, 0.1) is 10.8 Å². The van der Waals surface area contributed by atoms with Gasteiger partial charge in [-0.25, -0.2) is 0 Å². The highest BCUT2D eigenvalue weighted by molar-refractivity contribution is 7.99. The molecule has 0 atom stereocenters. The second-order valence-corrected chi connectivity index (χ2v) is 5.33. The van der Waals surface area contributed by atoms with Crippen LogP contribution in [0.4, 0.5) is 0 Å². The van der Waals surface area contributed by atoms with Crippen molar-refractivity contribution >= 4 is 17.5 Å². The van der Waals surface area contributed by atoms with E-state index >= 15 is 0 Å². The van der Waals surface area contributed by atoms with Crippen LogP contribution in [-0.2, 0) is 4.79 Å². The Morgan fingerprint density at radius 2 is 1.55 bits per heavy atom. The highest BCUT2D eigenvalue weighted by Gasteiger charge is 2.60. The number of carbonyl (C=O) groups is 1. The minimum absolute atomic E-state index is 0.0943. The van der Waals surface area contributed by atoms with Gasteiger partial charge in [-0.1, -0.05) is 27.7 Å². The molecular weight excluding hydrogens is 156 g/mol. The van der Waals surface area contributed by atoms with Crippen molar-refractivity contribution < 1.29 is 4.79 Å². The van der Waals surface area contributed by atoms with Gasteiger partial charge in [0.25, 0.3) is 0 Å². The van der Waals surface area contributed by atoms with Gasteiger partial charge in [0.15, 0.2) is 0 Å². The third kappa shape index (κ3) is 0.952. The van der Waals surface area contributed by atoms with E-state index in [1.165, 1.54) is 0 Å². The van der Waals surface area contributed by atoms with Crippen molar-refractivity contribution in [1.29, 1.82) is 0 Å². The van der Waals surface area contributed by atoms with Crippen molar-refractivity contribution in [2.75, 3.05) is 6.26 Å². The molecule has 1 aliphatic carbocycles. The zero-order valence-electron chi connectivity index (χ0n) is 7.89. The molecule has 0 spiro atoms. The molecular formula is C9H16OS. The van der Waals surface area contributed by atoms with Crippen LogP contribution in [0.15, 0.2) is 0 Å². The molecule has 0 aromatic heterocycles. The first-order chi connectivity index (χ1) is 4.85. The van der Waals surface area contributed by atoms with Gasteiger partial charge in [-0.2, -0.15) is 11.8 Å². The topological polar surface area (TPSA) is 17.1 Å². The Bertz CT molecular complexity index is 176. The minimum atomic E-state index is -0.0943. The normalized spacial score (nSPS) is 28.3. The first kappa shape index (κ1) is 9.11. The Balaban J connectivity index is 2.88. The number of carbonyl (C=O) groups excluding carboxylic acids is 1. The summed E-state index contributed by atoms with van der Waals surface area (Å²) in [6, 6.07) is 0. The smallest absolute Gasteiger partial charge is 0.146 e. The van der Waals surface area contributed by atoms with Crippen LogP contribution < -0.4 is 0 Å². The standard InChI is InChI=1S/C9H16OS/c1-8(2)6(10)9(3,4)7(8)11-5/h7H,1-5H3. The Kier molecular flexibility index (Phi) is 1.87. The van der Waals surface area contributed by atoms with Gasteiger partial charge >= 0.3 is 0 Å². The predicted molar refractivity (Wildman–Crippen MR) is 49.9 cm³/mol. The molecule has 0 aromatic rings. The van der Waals surface area contributed by atoms with E-state index in [2.05, 4.69) is 6.26 Å². The van der Waals surface area contributed by atoms with E-state index < -0.39 is 0 Å². The van der Waals surface area contributed by atoms with Crippen molar-refractivity contribution in [2.45, 2.75) is 32.9 Å². The molecule has 1 aliphatic rings. The maximum atomic E-state index is 11.6. The largest absolute Gasteiger partial charge is 0.298 e. The van der Waals surface area contributed by atoms with Gasteiger partial charge in [-0.15, -0.1) is 0 Å². The van der Waals surface area contributed by atoms with Gasteiger partial charge in [0, 0.05) is 16.1 Å². The summed E-state index contributed by atoms with van der Waals surface area (Å²) in [4.78, 5) is 11.6. The SMILES string of the molecule is CSC1C(C)(C)C(=O)C1(C)C. The van der Waals surface area contributed by atoms with E-state index in [0.717, 1.165) is 0 Å². The molecule has 0 radical (unpaired) electrons. The summed E-state index contributed by atoms with van der Waals surface area (Å²) in [5.41, 5.74) is -0.189. The van der Waals surface area contributed by atoms with E-state index in [4.69, 9.17) is 0 Å². The summed E-state index contributed by atoms with van der Waals surface area (Å²) < 4.78 is 0. The Morgan fingerprint density at radius 3 is 1.73 bits per heavy atom. The number of ketones is 1. The van der Waals surface area contributed by atoms with Gasteiger partial charge in [0.1, 0.15) is 5.78 Å². The molecule has 0 unspecified atom stereocenters. The summed E-state index contributed by atoms with van der Waals surface area (Å²) >= 11 is 1.81. The number of hydrogen-bond acceptors (Lipinski definition) is 2. The minimum Gasteiger partial charge on any atom is -0.298 e. The molecule has 0 saturated heterocycles. The number of thioether (sulfide) groups is 1. The van der Waals surface area contributed by atoms with Gasteiger partial charge in [0.2, 0.25) is 0 Å². The number of Topliss-reactive ketones (excluding diaryl/α,β-unsaturated/α-hetero) is 1. The van der Waals surface area contributed by atoms with Crippen LogP contribution >= 0.6 is 11.8 Å². The predicted octanol–water partition coefficient (Wildman–Crippen LogP) is 2.35. The van der Waals surface area contributed by atoms with E-state index in [9.17, 15) is 4.79 Å². The van der Waals surface area contributed by atoms with Crippen LogP contribution in [0.5, 0.6) is 0 Å². The molecule has 0 bridgehead atoms. The fraction of sp³-hybridized carbons (Fsp3) is 0.889. The Morgan fingerprint density at radius 1 is 1.18 bits per heavy atom. The average molecular weight is 172 g/mol. The molecule has 11 heavy (non-hydrogen) atoms. The molecule has 1 fully saturated rings. The molecule has 0 heterocycles. The maximum absolute atomic E-state index is 11.6. The molecule has 1 nitrogen and oxygen atoms in total. The van der Waals surface area contributed by atoms with Crippen LogP contribution in [0.25, 0.3) is 0 Å². The van der Waals surface area contributed by atoms with Crippen molar-refractivity contribution in [3.05, 3.63) is 0 Å². The highest BCUT2D eigenvalue weighted by atomic mass is 32.2. The average Bonchev–Trinajstić information content (AvgIpc) is 1.86. The third-order valence-corrected chi connectivity index (χ3v) is 4.37. The zero-order chi connectivity index (χ0) is 8.86. The third-order valence-electron chi connectivity index (χ3n) is 2.72. The maximum Gasteiger partial charge on any atom is 0.146 e. The molecule has 0 amide bonds.